The van der Waals surface area contributed by atoms with Crippen molar-refractivity contribution in [1.29, 1.82) is 0 Å². The van der Waals surface area contributed by atoms with Gasteiger partial charge in [0.15, 0.2) is 17.1 Å². The lowest BCUT2D eigenvalue weighted by Crippen LogP contribution is -2.39. The predicted octanol–water partition coefficient (Wildman–Crippen LogP) is 5.00. The molecular formula is C36H46N8O3. The van der Waals surface area contributed by atoms with Gasteiger partial charge in [0.1, 0.15) is 0 Å². The number of piperidine rings is 2. The summed E-state index contributed by atoms with van der Waals surface area (Å²) >= 11 is 0. The largest absolute Gasteiger partial charge is 0.309 e. The van der Waals surface area contributed by atoms with Crippen molar-refractivity contribution in [3.05, 3.63) is 103 Å². The number of ketones is 1. The second kappa shape index (κ2) is 13.4. The highest BCUT2D eigenvalue weighted by Crippen LogP contribution is 2.34. The molecule has 2 fully saturated rings. The summed E-state index contributed by atoms with van der Waals surface area (Å²) in [5.41, 5.74) is 6.93. The zero-order chi connectivity index (χ0) is 33.4. The Morgan fingerprint density at radius 3 is 2.00 bits per heavy atom. The molecule has 5 aromatic rings. The van der Waals surface area contributed by atoms with Gasteiger partial charge in [-0.15, -0.1) is 0 Å². The monoisotopic (exact) mass is 638 g/mol. The van der Waals surface area contributed by atoms with Gasteiger partial charge in [0.05, 0.1) is 24.0 Å². The number of aryl methyl sites for hydroxylation is 2. The average Bonchev–Trinajstić information content (AvgIpc) is 3.69. The predicted molar refractivity (Wildman–Crippen MR) is 183 cm³/mol. The van der Waals surface area contributed by atoms with Crippen LogP contribution in [0.1, 0.15) is 95.9 Å². The summed E-state index contributed by atoms with van der Waals surface area (Å²) in [7, 11) is 0. The summed E-state index contributed by atoms with van der Waals surface area (Å²) in [5, 5.41) is 9.96. The maximum absolute atomic E-state index is 12.8. The highest BCUT2D eigenvalue weighted by atomic mass is 16.1. The zero-order valence-corrected chi connectivity index (χ0v) is 28.3. The summed E-state index contributed by atoms with van der Waals surface area (Å²) in [5.74, 6) is 1.40. The molecule has 4 aromatic heterocycles. The van der Waals surface area contributed by atoms with Crippen LogP contribution in [0, 0.1) is 39.5 Å². The standard InChI is InChI=1S/C22H26N4O2.C14H20N4O/c1-14-9-10-25(13-20(27)17-7-5-4-6-8-17)19(11-14)18-12-21-23-16(3)15(2)22(28)26(21)24-18;1-8-4-5-15-11(6-8)12-7-13-16-10(3)9(2)14(19)18(13)17-12/h4-8,12,14,19,24H,9-11,13H2,1-3H3;7-8,11,15,17H,4-6H2,1-3H3. The van der Waals surface area contributed by atoms with Gasteiger partial charge in [0, 0.05) is 46.3 Å². The molecule has 2 aliphatic rings. The van der Waals surface area contributed by atoms with E-state index in [4.69, 9.17) is 0 Å². The molecular weight excluding hydrogens is 592 g/mol. The fraction of sp³-hybridized carbons (Fsp3) is 0.472. The van der Waals surface area contributed by atoms with Crippen LogP contribution in [0.3, 0.4) is 0 Å². The van der Waals surface area contributed by atoms with E-state index in [9.17, 15) is 14.4 Å². The van der Waals surface area contributed by atoms with Crippen LogP contribution >= 0.6 is 0 Å². The van der Waals surface area contributed by atoms with E-state index in [0.717, 1.165) is 60.7 Å². The molecule has 0 amide bonds. The number of nitrogens with zero attached hydrogens (tertiary/aromatic N) is 5. The van der Waals surface area contributed by atoms with E-state index in [0.29, 0.717) is 46.8 Å². The molecule has 0 saturated carbocycles. The minimum Gasteiger partial charge on any atom is -0.309 e. The Labute approximate surface area is 274 Å². The van der Waals surface area contributed by atoms with Gasteiger partial charge < -0.3 is 5.32 Å². The number of rotatable bonds is 5. The summed E-state index contributed by atoms with van der Waals surface area (Å²) in [6.45, 7) is 14.1. The van der Waals surface area contributed by atoms with Crippen molar-refractivity contribution in [3.63, 3.8) is 0 Å². The molecule has 0 bridgehead atoms. The highest BCUT2D eigenvalue weighted by molar-refractivity contribution is 5.97. The molecule has 3 N–H and O–H groups in total. The molecule has 0 aliphatic carbocycles. The molecule has 4 unspecified atom stereocenters. The number of hydrogen-bond donors (Lipinski definition) is 3. The van der Waals surface area contributed by atoms with Crippen molar-refractivity contribution in [2.24, 2.45) is 11.8 Å². The maximum atomic E-state index is 12.8. The third-order valence-electron chi connectivity index (χ3n) is 10.0. The van der Waals surface area contributed by atoms with Crippen LogP contribution in [0.2, 0.25) is 0 Å². The first-order valence-corrected chi connectivity index (χ1v) is 16.7. The van der Waals surface area contributed by atoms with E-state index >= 15 is 0 Å². The van der Waals surface area contributed by atoms with Gasteiger partial charge in [-0.05, 0) is 78.3 Å². The van der Waals surface area contributed by atoms with Crippen LogP contribution in [0.25, 0.3) is 11.3 Å². The van der Waals surface area contributed by atoms with Gasteiger partial charge in [0.25, 0.3) is 11.1 Å². The summed E-state index contributed by atoms with van der Waals surface area (Å²) in [6.07, 6.45) is 4.32. The summed E-state index contributed by atoms with van der Waals surface area (Å²) < 4.78 is 3.08. The van der Waals surface area contributed by atoms with Crippen LogP contribution in [0.4, 0.5) is 0 Å². The second-order valence-electron chi connectivity index (χ2n) is 13.6. The molecule has 0 radical (unpaired) electrons. The van der Waals surface area contributed by atoms with Crippen molar-refractivity contribution in [3.8, 4) is 0 Å². The first-order valence-electron chi connectivity index (χ1n) is 16.7. The zero-order valence-electron chi connectivity index (χ0n) is 28.3. The Bertz CT molecular complexity index is 2020. The van der Waals surface area contributed by atoms with E-state index in [1.807, 2.05) is 63.2 Å². The Kier molecular flexibility index (Phi) is 9.29. The Hall–Kier alpha value is -4.35. The number of fused-ring (bicyclic) bond motifs is 2. The minimum absolute atomic E-state index is 0.00221. The third-order valence-corrected chi connectivity index (χ3v) is 10.0. The van der Waals surface area contributed by atoms with Gasteiger partial charge in [-0.25, -0.2) is 19.0 Å². The number of carbonyl (C=O) groups excluding carboxylic acids is 1. The van der Waals surface area contributed by atoms with Gasteiger partial charge in [0.2, 0.25) is 0 Å². The van der Waals surface area contributed by atoms with Crippen LogP contribution in [0.5, 0.6) is 0 Å². The fourth-order valence-corrected chi connectivity index (χ4v) is 6.77. The Morgan fingerprint density at radius 2 is 1.38 bits per heavy atom. The number of likely N-dealkylation sites (tertiary alicyclic amines) is 1. The molecule has 11 nitrogen and oxygen atoms in total. The lowest BCUT2D eigenvalue weighted by Gasteiger charge is -2.37. The molecule has 2 aliphatic heterocycles. The maximum Gasteiger partial charge on any atom is 0.275 e. The summed E-state index contributed by atoms with van der Waals surface area (Å²) in [4.78, 5) is 48.8. The second-order valence-corrected chi connectivity index (χ2v) is 13.6. The van der Waals surface area contributed by atoms with Crippen molar-refractivity contribution < 1.29 is 4.79 Å². The van der Waals surface area contributed by atoms with E-state index in [-0.39, 0.29) is 22.9 Å². The quantitative estimate of drug-likeness (QED) is 0.231. The molecule has 4 atom stereocenters. The van der Waals surface area contributed by atoms with Gasteiger partial charge in [-0.2, -0.15) is 0 Å². The SMILES string of the molecule is Cc1nc2cc(C3CC(C)CCN3)[nH]n2c(=O)c1C.Cc1nc2cc(C3CC(C)CCN3CC(=O)c3ccccc3)[nH]n2c(=O)c1C. The van der Waals surface area contributed by atoms with E-state index in [1.54, 1.807) is 11.4 Å². The van der Waals surface area contributed by atoms with Crippen molar-refractivity contribution in [2.45, 2.75) is 79.3 Å². The van der Waals surface area contributed by atoms with Crippen LogP contribution in [-0.4, -0.2) is 59.5 Å². The number of H-pyrrole nitrogens is 2. The average molecular weight is 639 g/mol. The van der Waals surface area contributed by atoms with Crippen molar-refractivity contribution in [2.75, 3.05) is 19.6 Å². The number of aromatic amines is 2. The Morgan fingerprint density at radius 1 is 0.809 bits per heavy atom. The van der Waals surface area contributed by atoms with Crippen molar-refractivity contribution in [1.82, 2.24) is 39.4 Å². The fourth-order valence-electron chi connectivity index (χ4n) is 6.77. The first kappa shape index (κ1) is 32.6. The smallest absolute Gasteiger partial charge is 0.275 e. The minimum atomic E-state index is -0.0653. The van der Waals surface area contributed by atoms with Gasteiger partial charge >= 0.3 is 0 Å². The third kappa shape index (κ3) is 6.73. The molecule has 1 aromatic carbocycles. The normalized spacial score (nSPS) is 21.9. The topological polar surface area (TPSA) is 133 Å². The number of Topliss-reactive ketones (excluding diaryl/α,β-unsaturated/α-hetero) is 1. The van der Waals surface area contributed by atoms with E-state index in [2.05, 4.69) is 44.2 Å². The lowest BCUT2D eigenvalue weighted by molar-refractivity contribution is 0.0780. The molecule has 7 rings (SSSR count). The molecule has 6 heterocycles. The first-order chi connectivity index (χ1) is 22.5. The number of carbonyl (C=O) groups is 1. The Balaban J connectivity index is 0.000000177. The molecule has 0 spiro atoms. The highest BCUT2D eigenvalue weighted by Gasteiger charge is 2.31. The molecule has 2 saturated heterocycles. The van der Waals surface area contributed by atoms with Crippen LogP contribution in [0.15, 0.2) is 52.1 Å². The number of benzene rings is 1. The molecule has 47 heavy (non-hydrogen) atoms. The van der Waals surface area contributed by atoms with Crippen LogP contribution in [-0.2, 0) is 0 Å². The number of hydrogen-bond acceptors (Lipinski definition) is 7. The van der Waals surface area contributed by atoms with E-state index < -0.39 is 0 Å². The number of nitrogens with one attached hydrogen (secondary N) is 3. The van der Waals surface area contributed by atoms with E-state index in [1.165, 1.54) is 10.9 Å². The van der Waals surface area contributed by atoms with Gasteiger partial charge in [-0.3, -0.25) is 29.5 Å². The lowest BCUT2D eigenvalue weighted by atomic mass is 9.90. The molecule has 248 valence electrons. The van der Waals surface area contributed by atoms with Crippen LogP contribution < -0.4 is 16.4 Å². The summed E-state index contributed by atoms with van der Waals surface area (Å²) in [6, 6.07) is 13.7. The van der Waals surface area contributed by atoms with Crippen molar-refractivity contribution >= 4 is 17.1 Å². The number of aromatic nitrogens is 6. The molecule has 11 heteroatoms. The van der Waals surface area contributed by atoms with Gasteiger partial charge in [-0.1, -0.05) is 44.2 Å².